The molecule has 0 saturated carbocycles. The van der Waals surface area contributed by atoms with Gasteiger partial charge in [-0.15, -0.1) is 0 Å². The lowest BCUT2D eigenvalue weighted by molar-refractivity contribution is -0.384. The minimum absolute atomic E-state index is 0.114. The maximum absolute atomic E-state index is 11.5. The van der Waals surface area contributed by atoms with Crippen molar-refractivity contribution in [2.75, 3.05) is 6.54 Å². The van der Waals surface area contributed by atoms with E-state index in [1.54, 1.807) is 12.1 Å². The van der Waals surface area contributed by atoms with E-state index in [2.05, 4.69) is 5.32 Å². The average molecular weight is 382 g/mol. The second kappa shape index (κ2) is 11.5. The SMILES string of the molecule is O=C(O)NCCCCCCCC=Cc1ccc(-c2ccccc2)c([N+](=O)[O-])c1. The van der Waals surface area contributed by atoms with E-state index >= 15 is 0 Å². The predicted octanol–water partition coefficient (Wildman–Crippen LogP) is 5.88. The molecule has 0 aliphatic carbocycles. The zero-order chi connectivity index (χ0) is 20.2. The average Bonchev–Trinajstić information content (AvgIpc) is 2.69. The van der Waals surface area contributed by atoms with Crippen LogP contribution in [-0.4, -0.2) is 22.7 Å². The molecule has 0 unspecified atom stereocenters. The van der Waals surface area contributed by atoms with Crippen molar-refractivity contribution in [3.8, 4) is 11.1 Å². The fourth-order valence-electron chi connectivity index (χ4n) is 3.00. The van der Waals surface area contributed by atoms with Crippen molar-refractivity contribution in [3.05, 3.63) is 70.3 Å². The highest BCUT2D eigenvalue weighted by Gasteiger charge is 2.15. The molecule has 0 saturated heterocycles. The molecule has 0 aliphatic rings. The third-order valence-corrected chi connectivity index (χ3v) is 4.44. The number of nitro groups is 1. The van der Waals surface area contributed by atoms with Crippen molar-refractivity contribution < 1.29 is 14.8 Å². The molecule has 2 aromatic rings. The van der Waals surface area contributed by atoms with Crippen LogP contribution in [-0.2, 0) is 0 Å². The number of carbonyl (C=O) groups is 1. The molecule has 0 heterocycles. The summed E-state index contributed by atoms with van der Waals surface area (Å²) < 4.78 is 0. The molecule has 2 N–H and O–H groups in total. The van der Waals surface area contributed by atoms with Gasteiger partial charge in [0.05, 0.1) is 10.5 Å². The monoisotopic (exact) mass is 382 g/mol. The number of amides is 1. The molecule has 0 fully saturated rings. The Morgan fingerprint density at radius 2 is 1.75 bits per heavy atom. The molecule has 0 atom stereocenters. The fourth-order valence-corrected chi connectivity index (χ4v) is 3.00. The second-order valence-corrected chi connectivity index (χ2v) is 6.59. The smallest absolute Gasteiger partial charge is 0.404 e. The van der Waals surface area contributed by atoms with Gasteiger partial charge in [0.25, 0.3) is 5.69 Å². The maximum atomic E-state index is 11.5. The van der Waals surface area contributed by atoms with Gasteiger partial charge in [-0.3, -0.25) is 10.1 Å². The van der Waals surface area contributed by atoms with E-state index in [4.69, 9.17) is 5.11 Å². The molecule has 0 aliphatic heterocycles. The number of nitro benzene ring substituents is 1. The van der Waals surface area contributed by atoms with Gasteiger partial charge in [0.15, 0.2) is 0 Å². The van der Waals surface area contributed by atoms with Crippen LogP contribution in [0.15, 0.2) is 54.6 Å². The van der Waals surface area contributed by atoms with Crippen molar-refractivity contribution in [1.82, 2.24) is 5.32 Å². The van der Waals surface area contributed by atoms with Crippen LogP contribution in [0.4, 0.5) is 10.5 Å². The number of allylic oxidation sites excluding steroid dienone is 1. The Labute approximate surface area is 165 Å². The third kappa shape index (κ3) is 7.23. The minimum atomic E-state index is -0.970. The van der Waals surface area contributed by atoms with Crippen LogP contribution >= 0.6 is 0 Å². The van der Waals surface area contributed by atoms with Gasteiger partial charge in [0, 0.05) is 12.6 Å². The number of nitrogens with one attached hydrogen (secondary N) is 1. The molecule has 0 bridgehead atoms. The number of rotatable bonds is 11. The molecule has 28 heavy (non-hydrogen) atoms. The highest BCUT2D eigenvalue weighted by molar-refractivity contribution is 5.75. The van der Waals surface area contributed by atoms with E-state index in [1.165, 1.54) is 0 Å². The van der Waals surface area contributed by atoms with Gasteiger partial charge in [-0.2, -0.15) is 0 Å². The zero-order valence-corrected chi connectivity index (χ0v) is 15.8. The second-order valence-electron chi connectivity index (χ2n) is 6.59. The van der Waals surface area contributed by atoms with Crippen LogP contribution < -0.4 is 5.32 Å². The van der Waals surface area contributed by atoms with Gasteiger partial charge in [-0.1, -0.05) is 67.8 Å². The zero-order valence-electron chi connectivity index (χ0n) is 15.8. The Kier molecular flexibility index (Phi) is 8.72. The van der Waals surface area contributed by atoms with Crippen molar-refractivity contribution in [1.29, 1.82) is 0 Å². The molecule has 2 aromatic carbocycles. The van der Waals surface area contributed by atoms with Gasteiger partial charge >= 0.3 is 6.09 Å². The van der Waals surface area contributed by atoms with Crippen LogP contribution in [0.1, 0.15) is 44.1 Å². The summed E-state index contributed by atoms with van der Waals surface area (Å²) in [5, 5.41) is 22.3. The van der Waals surface area contributed by atoms with Crippen LogP contribution in [0, 0.1) is 10.1 Å². The number of unbranched alkanes of at least 4 members (excludes halogenated alkanes) is 5. The van der Waals surface area contributed by atoms with Gasteiger partial charge < -0.3 is 10.4 Å². The summed E-state index contributed by atoms with van der Waals surface area (Å²) in [6.07, 6.45) is 9.01. The Balaban J connectivity index is 1.80. The molecular formula is C22H26N2O4. The van der Waals surface area contributed by atoms with Crippen LogP contribution in [0.3, 0.4) is 0 Å². The normalized spacial score (nSPS) is 10.9. The van der Waals surface area contributed by atoms with E-state index in [0.29, 0.717) is 12.1 Å². The number of benzene rings is 2. The topological polar surface area (TPSA) is 92.5 Å². The third-order valence-electron chi connectivity index (χ3n) is 4.44. The molecule has 6 nitrogen and oxygen atoms in total. The summed E-state index contributed by atoms with van der Waals surface area (Å²) >= 11 is 0. The highest BCUT2D eigenvalue weighted by Crippen LogP contribution is 2.31. The van der Waals surface area contributed by atoms with E-state index in [-0.39, 0.29) is 10.6 Å². The molecule has 148 valence electrons. The molecule has 6 heteroatoms. The van der Waals surface area contributed by atoms with Gasteiger partial charge in [-0.25, -0.2) is 4.79 Å². The number of hydrogen-bond acceptors (Lipinski definition) is 3. The first-order valence-electron chi connectivity index (χ1n) is 9.55. The summed E-state index contributed by atoms with van der Waals surface area (Å²) in [6, 6.07) is 14.7. The Bertz CT molecular complexity index is 803. The first-order valence-corrected chi connectivity index (χ1v) is 9.55. The van der Waals surface area contributed by atoms with Crippen LogP contribution in [0.2, 0.25) is 0 Å². The molecule has 0 spiro atoms. The van der Waals surface area contributed by atoms with Crippen LogP contribution in [0.5, 0.6) is 0 Å². The molecular weight excluding hydrogens is 356 g/mol. The minimum Gasteiger partial charge on any atom is -0.465 e. The van der Waals surface area contributed by atoms with E-state index in [0.717, 1.165) is 49.7 Å². The molecule has 0 radical (unpaired) electrons. The summed E-state index contributed by atoms with van der Waals surface area (Å²) in [4.78, 5) is 21.4. The maximum Gasteiger partial charge on any atom is 0.404 e. The van der Waals surface area contributed by atoms with Gasteiger partial charge in [0.1, 0.15) is 0 Å². The Hall–Kier alpha value is -3.15. The predicted molar refractivity (Wildman–Crippen MR) is 111 cm³/mol. The Morgan fingerprint density at radius 1 is 1.04 bits per heavy atom. The fraction of sp³-hybridized carbons (Fsp3) is 0.318. The van der Waals surface area contributed by atoms with Gasteiger partial charge in [0.2, 0.25) is 0 Å². The summed E-state index contributed by atoms with van der Waals surface area (Å²) in [6.45, 7) is 0.507. The first kappa shape index (κ1) is 21.2. The van der Waals surface area contributed by atoms with E-state index in [1.807, 2.05) is 48.6 Å². The summed E-state index contributed by atoms with van der Waals surface area (Å²) in [5.41, 5.74) is 2.40. The van der Waals surface area contributed by atoms with E-state index in [9.17, 15) is 14.9 Å². The molecule has 0 aromatic heterocycles. The van der Waals surface area contributed by atoms with E-state index < -0.39 is 6.09 Å². The Morgan fingerprint density at radius 3 is 2.46 bits per heavy atom. The highest BCUT2D eigenvalue weighted by atomic mass is 16.6. The van der Waals surface area contributed by atoms with Crippen molar-refractivity contribution in [3.63, 3.8) is 0 Å². The lowest BCUT2D eigenvalue weighted by atomic mass is 10.0. The van der Waals surface area contributed by atoms with Crippen LogP contribution in [0.25, 0.3) is 17.2 Å². The number of carboxylic acid groups (broad SMARTS) is 1. The standard InChI is InChI=1S/C22H26N2O4/c25-22(26)23-16-10-5-3-1-2-4-7-11-18-14-15-20(21(17-18)24(27)28)19-12-8-6-9-13-19/h6-9,11-15,17,23H,1-5,10,16H2,(H,25,26). The summed E-state index contributed by atoms with van der Waals surface area (Å²) in [7, 11) is 0. The number of hydrogen-bond donors (Lipinski definition) is 2. The lowest BCUT2D eigenvalue weighted by Gasteiger charge is -2.04. The van der Waals surface area contributed by atoms with Crippen molar-refractivity contribution in [2.24, 2.45) is 0 Å². The van der Waals surface area contributed by atoms with Crippen molar-refractivity contribution in [2.45, 2.75) is 38.5 Å². The quantitative estimate of drug-likeness (QED) is 0.288. The molecule has 2 rings (SSSR count). The summed E-state index contributed by atoms with van der Waals surface area (Å²) in [5.74, 6) is 0. The first-order chi connectivity index (χ1) is 13.6. The van der Waals surface area contributed by atoms with Crippen molar-refractivity contribution >= 4 is 17.9 Å². The largest absolute Gasteiger partial charge is 0.465 e. The lowest BCUT2D eigenvalue weighted by Crippen LogP contribution is -2.21. The number of nitrogens with zero attached hydrogens (tertiary/aromatic N) is 1. The van der Waals surface area contributed by atoms with Gasteiger partial charge in [-0.05, 0) is 36.5 Å². The molecule has 1 amide bonds.